The Morgan fingerprint density at radius 1 is 1.19 bits per heavy atom. The van der Waals surface area contributed by atoms with Crippen molar-refractivity contribution in [2.45, 2.75) is 38.4 Å². The Kier molecular flexibility index (Phi) is 4.06. The van der Waals surface area contributed by atoms with Gasteiger partial charge in [0.15, 0.2) is 16.3 Å². The van der Waals surface area contributed by atoms with Crippen LogP contribution in [-0.2, 0) is 4.79 Å². The first-order valence-electron chi connectivity index (χ1n) is 8.22. The Morgan fingerprint density at radius 3 is 2.48 bits per heavy atom. The molecule has 5 nitrogen and oxygen atoms in total. The minimum atomic E-state index is -4.79. The summed E-state index contributed by atoms with van der Waals surface area (Å²) >= 11 is 1.26. The van der Waals surface area contributed by atoms with Crippen molar-refractivity contribution in [3.8, 4) is 17.2 Å². The zero-order valence-electron chi connectivity index (χ0n) is 14.0. The zero-order valence-corrected chi connectivity index (χ0v) is 14.9. The van der Waals surface area contributed by atoms with Crippen LogP contribution >= 0.6 is 11.3 Å². The molecule has 1 aliphatic carbocycles. The van der Waals surface area contributed by atoms with Gasteiger partial charge in [0.2, 0.25) is 0 Å². The Labute approximate surface area is 154 Å². The lowest BCUT2D eigenvalue weighted by Gasteiger charge is -2.31. The number of aryl methyl sites for hydroxylation is 1. The van der Waals surface area contributed by atoms with Crippen LogP contribution in [0.3, 0.4) is 0 Å². The molecular formula is C17H14F4N2O3S. The molecule has 0 atom stereocenters. The Balaban J connectivity index is 1.74. The van der Waals surface area contributed by atoms with E-state index >= 15 is 0 Å². The zero-order chi connectivity index (χ0) is 19.4. The molecule has 1 amide bonds. The van der Waals surface area contributed by atoms with E-state index < -0.39 is 23.7 Å². The molecule has 0 saturated heterocycles. The van der Waals surface area contributed by atoms with Crippen molar-refractivity contribution in [3.05, 3.63) is 34.1 Å². The van der Waals surface area contributed by atoms with Gasteiger partial charge in [-0.2, -0.15) is 22.6 Å². The monoisotopic (exact) mass is 402 g/mol. The van der Waals surface area contributed by atoms with Gasteiger partial charge in [0.25, 0.3) is 5.91 Å². The van der Waals surface area contributed by atoms with E-state index in [0.29, 0.717) is 10.5 Å². The molecule has 1 aliphatic heterocycles. The summed E-state index contributed by atoms with van der Waals surface area (Å²) in [6.07, 6.45) is -5.27. The number of rotatable bonds is 2. The van der Waals surface area contributed by atoms with E-state index in [4.69, 9.17) is 0 Å². The molecule has 1 fully saturated rings. The first-order valence-corrected chi connectivity index (χ1v) is 9.04. The van der Waals surface area contributed by atoms with Gasteiger partial charge in [-0.05, 0) is 31.9 Å². The Morgan fingerprint density at radius 2 is 1.85 bits per heavy atom. The first-order chi connectivity index (χ1) is 12.7. The summed E-state index contributed by atoms with van der Waals surface area (Å²) in [6, 6.07) is 3.67. The molecule has 0 radical (unpaired) electrons. The standard InChI is InChI=1S/C17H14F4N2O3S/c1-9-8-23(15(27-9)22-14(24)10-3-2-4-10)11-5-6-12-13(7-11)26-17(20,21)16(18,19)25-12/h5-8,10H,2-4H2,1H3. The van der Waals surface area contributed by atoms with Crippen LogP contribution in [0.4, 0.5) is 17.6 Å². The van der Waals surface area contributed by atoms with Gasteiger partial charge in [0.05, 0.1) is 5.69 Å². The second kappa shape index (κ2) is 6.08. The number of amides is 1. The number of fused-ring (bicyclic) bond motifs is 1. The molecule has 1 saturated carbocycles. The summed E-state index contributed by atoms with van der Waals surface area (Å²) in [5.74, 6) is -1.31. The van der Waals surface area contributed by atoms with Crippen molar-refractivity contribution in [2.24, 2.45) is 10.9 Å². The number of hydrogen-bond acceptors (Lipinski definition) is 4. The first kappa shape index (κ1) is 18.0. The van der Waals surface area contributed by atoms with Crippen LogP contribution in [-0.4, -0.2) is 22.7 Å². The number of hydrogen-bond donors (Lipinski definition) is 0. The summed E-state index contributed by atoms with van der Waals surface area (Å²) in [6.45, 7) is 1.81. The van der Waals surface area contributed by atoms with Crippen molar-refractivity contribution in [2.75, 3.05) is 0 Å². The molecule has 144 valence electrons. The number of thiazole rings is 1. The van der Waals surface area contributed by atoms with Gasteiger partial charge in [0, 0.05) is 23.1 Å². The van der Waals surface area contributed by atoms with Gasteiger partial charge in [-0.1, -0.05) is 6.42 Å². The van der Waals surface area contributed by atoms with Crippen molar-refractivity contribution in [3.63, 3.8) is 0 Å². The van der Waals surface area contributed by atoms with Crippen molar-refractivity contribution < 1.29 is 31.8 Å². The highest BCUT2D eigenvalue weighted by Gasteiger charge is 2.65. The van der Waals surface area contributed by atoms with Gasteiger partial charge < -0.3 is 9.47 Å². The van der Waals surface area contributed by atoms with Crippen LogP contribution < -0.4 is 14.3 Å². The molecule has 0 unspecified atom stereocenters. The maximum Gasteiger partial charge on any atom is 0.507 e. The number of carbonyl (C=O) groups excluding carboxylic acids is 1. The maximum atomic E-state index is 13.4. The van der Waals surface area contributed by atoms with Crippen molar-refractivity contribution >= 4 is 17.2 Å². The van der Waals surface area contributed by atoms with Crippen LogP contribution in [0.1, 0.15) is 24.1 Å². The lowest BCUT2D eigenvalue weighted by Crippen LogP contribution is -2.52. The summed E-state index contributed by atoms with van der Waals surface area (Å²) in [5.41, 5.74) is 0.336. The van der Waals surface area contributed by atoms with Crippen LogP contribution in [0, 0.1) is 12.8 Å². The highest BCUT2D eigenvalue weighted by Crippen LogP contribution is 2.47. The largest absolute Gasteiger partial charge is 0.507 e. The third-order valence-electron chi connectivity index (χ3n) is 4.45. The third-order valence-corrected chi connectivity index (χ3v) is 5.35. The average Bonchev–Trinajstić information content (AvgIpc) is 2.86. The summed E-state index contributed by atoms with van der Waals surface area (Å²) in [7, 11) is 0. The number of alkyl halides is 4. The second-order valence-corrected chi connectivity index (χ2v) is 7.65. The van der Waals surface area contributed by atoms with Gasteiger partial charge >= 0.3 is 12.2 Å². The third kappa shape index (κ3) is 3.11. The van der Waals surface area contributed by atoms with E-state index in [1.165, 1.54) is 22.0 Å². The van der Waals surface area contributed by atoms with Gasteiger partial charge in [0.1, 0.15) is 0 Å². The molecule has 2 heterocycles. The van der Waals surface area contributed by atoms with E-state index in [9.17, 15) is 22.4 Å². The maximum absolute atomic E-state index is 13.4. The number of ether oxygens (including phenoxy) is 2. The molecule has 1 aromatic carbocycles. The fourth-order valence-electron chi connectivity index (χ4n) is 2.76. The summed E-state index contributed by atoms with van der Waals surface area (Å²) in [4.78, 5) is 17.5. The molecule has 2 aromatic rings. The number of benzene rings is 1. The minimum Gasteiger partial charge on any atom is -0.421 e. The van der Waals surface area contributed by atoms with E-state index in [-0.39, 0.29) is 11.8 Å². The number of aromatic nitrogens is 1. The Hall–Kier alpha value is -2.36. The minimum absolute atomic E-state index is 0.0814. The molecule has 10 heteroatoms. The van der Waals surface area contributed by atoms with E-state index in [0.717, 1.165) is 36.3 Å². The molecule has 2 aliphatic rings. The number of nitrogens with zero attached hydrogens (tertiary/aromatic N) is 2. The number of carbonyl (C=O) groups is 1. The van der Waals surface area contributed by atoms with Crippen molar-refractivity contribution in [1.82, 2.24) is 4.57 Å². The highest BCUT2D eigenvalue weighted by molar-refractivity contribution is 7.09. The predicted octanol–water partition coefficient (Wildman–Crippen LogP) is 4.03. The topological polar surface area (TPSA) is 52.8 Å². The predicted molar refractivity (Wildman–Crippen MR) is 87.4 cm³/mol. The van der Waals surface area contributed by atoms with Crippen LogP contribution in [0.5, 0.6) is 11.5 Å². The van der Waals surface area contributed by atoms with Gasteiger partial charge in [-0.3, -0.25) is 9.36 Å². The van der Waals surface area contributed by atoms with E-state index in [2.05, 4.69) is 14.5 Å². The normalized spacial score (nSPS) is 21.0. The van der Waals surface area contributed by atoms with Gasteiger partial charge in [-0.15, -0.1) is 11.3 Å². The molecule has 27 heavy (non-hydrogen) atoms. The average molecular weight is 402 g/mol. The summed E-state index contributed by atoms with van der Waals surface area (Å²) < 4.78 is 63.1. The molecule has 0 bridgehead atoms. The SMILES string of the molecule is Cc1cn(-c2ccc3c(c2)OC(F)(F)C(F)(F)O3)c(=NC(=O)C2CCC2)s1. The van der Waals surface area contributed by atoms with Crippen molar-refractivity contribution in [1.29, 1.82) is 0 Å². The number of halogens is 4. The fourth-order valence-corrected chi connectivity index (χ4v) is 3.60. The lowest BCUT2D eigenvalue weighted by molar-refractivity contribution is -0.391. The molecule has 1 aromatic heterocycles. The second-order valence-electron chi connectivity index (χ2n) is 6.44. The van der Waals surface area contributed by atoms with Crippen LogP contribution in [0.2, 0.25) is 0 Å². The molecule has 4 rings (SSSR count). The van der Waals surface area contributed by atoms with Crippen LogP contribution in [0.25, 0.3) is 5.69 Å². The highest BCUT2D eigenvalue weighted by atomic mass is 32.1. The lowest BCUT2D eigenvalue weighted by atomic mass is 9.85. The van der Waals surface area contributed by atoms with E-state index in [1.807, 2.05) is 0 Å². The molecule has 0 N–H and O–H groups in total. The molecule has 0 spiro atoms. The Bertz CT molecular complexity index is 979. The fraction of sp³-hybridized carbons (Fsp3) is 0.412. The van der Waals surface area contributed by atoms with Gasteiger partial charge in [-0.25, -0.2) is 0 Å². The van der Waals surface area contributed by atoms with Crippen LogP contribution in [0.15, 0.2) is 29.4 Å². The summed E-state index contributed by atoms with van der Waals surface area (Å²) in [5, 5.41) is 0. The molecular weight excluding hydrogens is 388 g/mol. The quantitative estimate of drug-likeness (QED) is 0.713. The smallest absolute Gasteiger partial charge is 0.421 e. The van der Waals surface area contributed by atoms with E-state index in [1.54, 1.807) is 13.1 Å².